The molecule has 1 fully saturated rings. The van der Waals surface area contributed by atoms with Crippen molar-refractivity contribution < 1.29 is 4.74 Å². The summed E-state index contributed by atoms with van der Waals surface area (Å²) in [7, 11) is 0. The number of nitriles is 1. The molecule has 5 heteroatoms. The maximum absolute atomic E-state index is 9.02. The van der Waals surface area contributed by atoms with E-state index in [9.17, 15) is 0 Å². The highest BCUT2D eigenvalue weighted by Crippen LogP contribution is 2.34. The Bertz CT molecular complexity index is 489. The molecule has 0 aliphatic carbocycles. The first-order valence-corrected chi connectivity index (χ1v) is 7.09. The monoisotopic (exact) mass is 274 g/mol. The third-order valence-corrected chi connectivity index (χ3v) is 3.63. The Morgan fingerprint density at radius 2 is 2.15 bits per heavy atom. The van der Waals surface area contributed by atoms with Crippen LogP contribution in [0.4, 0.5) is 5.82 Å². The molecule has 0 saturated carbocycles. The summed E-state index contributed by atoms with van der Waals surface area (Å²) < 4.78 is 5.96. The number of rotatable bonds is 3. The van der Waals surface area contributed by atoms with Gasteiger partial charge in [-0.2, -0.15) is 5.26 Å². The van der Waals surface area contributed by atoms with E-state index in [4.69, 9.17) is 10.00 Å². The summed E-state index contributed by atoms with van der Waals surface area (Å²) in [4.78, 5) is 8.20. The van der Waals surface area contributed by atoms with Crippen LogP contribution in [0.25, 0.3) is 0 Å². The SMILES string of the molecule is CC(C)(C)[C@@H]1OCCC[C@@H]1CNc1nccnc1C#N. The molecule has 108 valence electrons. The predicted molar refractivity (Wildman–Crippen MR) is 77.2 cm³/mol. The van der Waals surface area contributed by atoms with E-state index in [2.05, 4.69) is 42.1 Å². The van der Waals surface area contributed by atoms with Crippen LogP contribution in [0.3, 0.4) is 0 Å². The van der Waals surface area contributed by atoms with E-state index in [1.54, 1.807) is 6.20 Å². The molecule has 0 spiro atoms. The van der Waals surface area contributed by atoms with Gasteiger partial charge in [0.1, 0.15) is 6.07 Å². The van der Waals surface area contributed by atoms with Gasteiger partial charge in [-0.05, 0) is 18.3 Å². The second-order valence-corrected chi connectivity index (χ2v) is 6.31. The molecule has 1 aliphatic heterocycles. The molecule has 1 aromatic rings. The Labute approximate surface area is 120 Å². The highest BCUT2D eigenvalue weighted by Gasteiger charge is 2.35. The number of nitrogens with zero attached hydrogens (tertiary/aromatic N) is 3. The first-order valence-electron chi connectivity index (χ1n) is 7.09. The lowest BCUT2D eigenvalue weighted by molar-refractivity contribution is -0.0814. The third kappa shape index (κ3) is 3.45. The third-order valence-electron chi connectivity index (χ3n) is 3.63. The zero-order valence-electron chi connectivity index (χ0n) is 12.4. The average Bonchev–Trinajstić information content (AvgIpc) is 2.44. The van der Waals surface area contributed by atoms with E-state index >= 15 is 0 Å². The topological polar surface area (TPSA) is 70.8 Å². The number of hydrogen-bond donors (Lipinski definition) is 1. The maximum atomic E-state index is 9.02. The highest BCUT2D eigenvalue weighted by molar-refractivity contribution is 5.46. The van der Waals surface area contributed by atoms with Crippen LogP contribution in [0.5, 0.6) is 0 Å². The minimum atomic E-state index is 0.118. The van der Waals surface area contributed by atoms with Gasteiger partial charge in [0, 0.05) is 31.5 Å². The minimum absolute atomic E-state index is 0.118. The summed E-state index contributed by atoms with van der Waals surface area (Å²) in [5, 5.41) is 12.3. The predicted octanol–water partition coefficient (Wildman–Crippen LogP) is 2.60. The van der Waals surface area contributed by atoms with E-state index in [0.717, 1.165) is 26.0 Å². The molecule has 20 heavy (non-hydrogen) atoms. The fourth-order valence-electron chi connectivity index (χ4n) is 2.79. The molecule has 0 aromatic carbocycles. The van der Waals surface area contributed by atoms with Crippen molar-refractivity contribution in [2.24, 2.45) is 11.3 Å². The van der Waals surface area contributed by atoms with Gasteiger partial charge in [0.15, 0.2) is 11.5 Å². The van der Waals surface area contributed by atoms with Crippen molar-refractivity contribution in [1.82, 2.24) is 9.97 Å². The van der Waals surface area contributed by atoms with Gasteiger partial charge < -0.3 is 10.1 Å². The molecule has 1 N–H and O–H groups in total. The minimum Gasteiger partial charge on any atom is -0.377 e. The number of hydrogen-bond acceptors (Lipinski definition) is 5. The van der Waals surface area contributed by atoms with Crippen LogP contribution in [0.15, 0.2) is 12.4 Å². The summed E-state index contributed by atoms with van der Waals surface area (Å²) in [6.45, 7) is 8.22. The Balaban J connectivity index is 2.03. The quantitative estimate of drug-likeness (QED) is 0.917. The summed E-state index contributed by atoms with van der Waals surface area (Å²) >= 11 is 0. The molecule has 0 radical (unpaired) electrons. The van der Waals surface area contributed by atoms with Gasteiger partial charge in [-0.1, -0.05) is 20.8 Å². The molecule has 2 heterocycles. The molecule has 5 nitrogen and oxygen atoms in total. The van der Waals surface area contributed by atoms with Gasteiger partial charge in [0.05, 0.1) is 6.10 Å². The second kappa shape index (κ2) is 6.19. The van der Waals surface area contributed by atoms with E-state index in [1.807, 2.05) is 0 Å². The smallest absolute Gasteiger partial charge is 0.182 e. The van der Waals surface area contributed by atoms with E-state index < -0.39 is 0 Å². The number of nitrogens with one attached hydrogen (secondary N) is 1. The standard InChI is InChI=1S/C15H22N4O/c1-15(2,3)13-11(5-4-8-20-13)10-19-14-12(9-16)17-6-7-18-14/h6-7,11,13H,4-5,8,10H2,1-3H3,(H,18,19)/t11-,13-/m1/s1. The first kappa shape index (κ1) is 14.7. The lowest BCUT2D eigenvalue weighted by Gasteiger charge is -2.40. The molecule has 1 aliphatic rings. The largest absolute Gasteiger partial charge is 0.377 e. The first-order chi connectivity index (χ1) is 9.52. The van der Waals surface area contributed by atoms with Crippen molar-refractivity contribution in [3.8, 4) is 6.07 Å². The number of ether oxygens (including phenoxy) is 1. The van der Waals surface area contributed by atoms with Gasteiger partial charge >= 0.3 is 0 Å². The van der Waals surface area contributed by atoms with Crippen LogP contribution in [-0.4, -0.2) is 29.2 Å². The maximum Gasteiger partial charge on any atom is 0.182 e. The molecule has 1 aromatic heterocycles. The van der Waals surface area contributed by atoms with Gasteiger partial charge in [0.2, 0.25) is 0 Å². The summed E-state index contributed by atoms with van der Waals surface area (Å²) in [6.07, 6.45) is 5.58. The van der Waals surface area contributed by atoms with Crippen molar-refractivity contribution in [1.29, 1.82) is 5.26 Å². The van der Waals surface area contributed by atoms with Crippen molar-refractivity contribution in [3.05, 3.63) is 18.1 Å². The van der Waals surface area contributed by atoms with Crippen molar-refractivity contribution >= 4 is 5.82 Å². The van der Waals surface area contributed by atoms with Gasteiger partial charge in [-0.3, -0.25) is 0 Å². The fourth-order valence-corrected chi connectivity index (χ4v) is 2.79. The van der Waals surface area contributed by atoms with Crippen molar-refractivity contribution in [3.63, 3.8) is 0 Å². The molecule has 0 unspecified atom stereocenters. The fraction of sp³-hybridized carbons (Fsp3) is 0.667. The van der Waals surface area contributed by atoms with Crippen LogP contribution in [0.1, 0.15) is 39.3 Å². The Hall–Kier alpha value is -1.67. The van der Waals surface area contributed by atoms with Crippen LogP contribution < -0.4 is 5.32 Å². The lowest BCUT2D eigenvalue weighted by atomic mass is 9.78. The van der Waals surface area contributed by atoms with Gasteiger partial charge in [0.25, 0.3) is 0 Å². The second-order valence-electron chi connectivity index (χ2n) is 6.31. The van der Waals surface area contributed by atoms with Crippen LogP contribution in [0, 0.1) is 22.7 Å². The van der Waals surface area contributed by atoms with E-state index in [1.165, 1.54) is 6.20 Å². The Morgan fingerprint density at radius 3 is 2.85 bits per heavy atom. The zero-order valence-corrected chi connectivity index (χ0v) is 12.4. The van der Waals surface area contributed by atoms with Crippen LogP contribution in [0.2, 0.25) is 0 Å². The average molecular weight is 274 g/mol. The van der Waals surface area contributed by atoms with E-state index in [-0.39, 0.29) is 11.5 Å². The number of anilines is 1. The lowest BCUT2D eigenvalue weighted by Crippen LogP contribution is -2.42. The molecule has 2 rings (SSSR count). The highest BCUT2D eigenvalue weighted by atomic mass is 16.5. The van der Waals surface area contributed by atoms with E-state index in [0.29, 0.717) is 17.4 Å². The van der Waals surface area contributed by atoms with Crippen LogP contribution in [-0.2, 0) is 4.74 Å². The molecule has 1 saturated heterocycles. The summed E-state index contributed by atoms with van der Waals surface area (Å²) in [6, 6.07) is 2.06. The van der Waals surface area contributed by atoms with Crippen molar-refractivity contribution in [2.75, 3.05) is 18.5 Å². The zero-order chi connectivity index (χ0) is 14.6. The Kier molecular flexibility index (Phi) is 4.56. The van der Waals surface area contributed by atoms with Crippen molar-refractivity contribution in [2.45, 2.75) is 39.7 Å². The van der Waals surface area contributed by atoms with Gasteiger partial charge in [-0.15, -0.1) is 0 Å². The summed E-state index contributed by atoms with van der Waals surface area (Å²) in [5.74, 6) is 0.991. The summed E-state index contributed by atoms with van der Waals surface area (Å²) in [5.41, 5.74) is 0.462. The molecule has 2 atom stereocenters. The number of aromatic nitrogens is 2. The van der Waals surface area contributed by atoms with Crippen LogP contribution >= 0.6 is 0 Å². The Morgan fingerprint density at radius 1 is 1.40 bits per heavy atom. The molecule has 0 amide bonds. The molecular formula is C15H22N4O. The normalized spacial score (nSPS) is 23.1. The molecule has 0 bridgehead atoms. The molecular weight excluding hydrogens is 252 g/mol. The van der Waals surface area contributed by atoms with Gasteiger partial charge in [-0.25, -0.2) is 9.97 Å².